The van der Waals surface area contributed by atoms with Crippen molar-refractivity contribution in [3.05, 3.63) is 34.7 Å². The number of hydrogen-bond acceptors (Lipinski definition) is 3. The van der Waals surface area contributed by atoms with Gasteiger partial charge in [0.25, 0.3) is 0 Å². The van der Waals surface area contributed by atoms with Gasteiger partial charge in [-0.1, -0.05) is 11.6 Å². The van der Waals surface area contributed by atoms with Gasteiger partial charge >= 0.3 is 6.18 Å². The minimum Gasteiger partial charge on any atom is -0.383 e. The number of aromatic nitrogens is 1. The second kappa shape index (κ2) is 5.39. The monoisotopic (exact) mass is 278 g/mol. The first-order valence-corrected chi connectivity index (χ1v) is 5.20. The highest BCUT2D eigenvalue weighted by molar-refractivity contribution is 6.33. The van der Waals surface area contributed by atoms with Crippen molar-refractivity contribution in [2.24, 2.45) is 0 Å². The van der Waals surface area contributed by atoms with Gasteiger partial charge in [0.15, 0.2) is 6.29 Å². The molecule has 0 bridgehead atoms. The van der Waals surface area contributed by atoms with Gasteiger partial charge in [0.2, 0.25) is 0 Å². The van der Waals surface area contributed by atoms with Gasteiger partial charge in [0.1, 0.15) is 0 Å². The van der Waals surface area contributed by atoms with Crippen LogP contribution in [0.5, 0.6) is 0 Å². The molecule has 0 amide bonds. The zero-order valence-electron chi connectivity index (χ0n) is 9.62. The van der Waals surface area contributed by atoms with E-state index in [0.717, 1.165) is 6.07 Å². The maximum Gasteiger partial charge on any atom is 0.417 e. The number of aldehydes is 1. The number of nitrogens with zero attached hydrogens (tertiary/aromatic N) is 2. The Hall–Kier alpha value is -1.56. The summed E-state index contributed by atoms with van der Waals surface area (Å²) in [7, 11) is 3.34. The average Bonchev–Trinajstić information content (AvgIpc) is 2.24. The van der Waals surface area contributed by atoms with Crippen LogP contribution in [-0.4, -0.2) is 30.3 Å². The lowest BCUT2D eigenvalue weighted by atomic mass is 10.1. The van der Waals surface area contributed by atoms with Crippen LogP contribution in [0.15, 0.2) is 18.5 Å². The van der Waals surface area contributed by atoms with Crippen molar-refractivity contribution in [1.82, 2.24) is 9.88 Å². The second-order valence-electron chi connectivity index (χ2n) is 3.72. The molecule has 1 aromatic heterocycles. The lowest BCUT2D eigenvalue weighted by Gasteiger charge is -2.10. The van der Waals surface area contributed by atoms with Gasteiger partial charge in [-0.15, -0.1) is 0 Å². The summed E-state index contributed by atoms with van der Waals surface area (Å²) in [6.07, 6.45) is -1.95. The van der Waals surface area contributed by atoms with Crippen molar-refractivity contribution < 1.29 is 18.0 Å². The molecule has 1 rings (SSSR count). The molecule has 0 spiro atoms. The Morgan fingerprint density at radius 1 is 1.44 bits per heavy atom. The third-order valence-electron chi connectivity index (χ3n) is 1.97. The molecule has 0 aromatic carbocycles. The van der Waals surface area contributed by atoms with Crippen LogP contribution in [0.25, 0.3) is 5.57 Å². The van der Waals surface area contributed by atoms with Gasteiger partial charge in [-0.2, -0.15) is 13.2 Å². The van der Waals surface area contributed by atoms with Crippen molar-refractivity contribution in [3.63, 3.8) is 0 Å². The van der Waals surface area contributed by atoms with Crippen LogP contribution in [-0.2, 0) is 11.0 Å². The van der Waals surface area contributed by atoms with E-state index in [1.807, 2.05) is 0 Å². The molecule has 18 heavy (non-hydrogen) atoms. The molecule has 0 N–H and O–H groups in total. The van der Waals surface area contributed by atoms with Crippen molar-refractivity contribution in [3.8, 4) is 0 Å². The maximum absolute atomic E-state index is 12.4. The third-order valence-corrected chi connectivity index (χ3v) is 2.25. The molecule has 0 unspecified atom stereocenters. The van der Waals surface area contributed by atoms with Crippen LogP contribution >= 0.6 is 11.6 Å². The molecule has 0 aliphatic heterocycles. The van der Waals surface area contributed by atoms with E-state index in [9.17, 15) is 18.0 Å². The summed E-state index contributed by atoms with van der Waals surface area (Å²) < 4.78 is 37.2. The van der Waals surface area contributed by atoms with Gasteiger partial charge in [-0.25, -0.2) is 0 Å². The van der Waals surface area contributed by atoms with E-state index >= 15 is 0 Å². The predicted molar refractivity (Wildman–Crippen MR) is 62.0 cm³/mol. The fourth-order valence-electron chi connectivity index (χ4n) is 1.23. The fraction of sp³-hybridized carbons (Fsp3) is 0.273. The highest BCUT2D eigenvalue weighted by Gasteiger charge is 2.31. The van der Waals surface area contributed by atoms with Gasteiger partial charge in [-0.05, 0) is 6.07 Å². The predicted octanol–water partition coefficient (Wildman–Crippen LogP) is 2.86. The van der Waals surface area contributed by atoms with E-state index in [-0.39, 0.29) is 16.3 Å². The minimum absolute atomic E-state index is 0.0216. The molecule has 1 heterocycles. The largest absolute Gasteiger partial charge is 0.417 e. The Morgan fingerprint density at radius 3 is 2.44 bits per heavy atom. The van der Waals surface area contributed by atoms with Crippen LogP contribution in [0.1, 0.15) is 11.3 Å². The molecule has 0 aliphatic carbocycles. The molecule has 0 atom stereocenters. The van der Waals surface area contributed by atoms with Crippen LogP contribution in [0, 0.1) is 0 Å². The summed E-state index contributed by atoms with van der Waals surface area (Å²) in [4.78, 5) is 16.0. The molecule has 1 aromatic rings. The van der Waals surface area contributed by atoms with Gasteiger partial charge in [0.05, 0.1) is 21.9 Å². The molecule has 0 saturated carbocycles. The lowest BCUT2D eigenvalue weighted by molar-refractivity contribution is -0.137. The van der Waals surface area contributed by atoms with E-state index in [4.69, 9.17) is 11.6 Å². The van der Waals surface area contributed by atoms with Gasteiger partial charge in [0, 0.05) is 26.5 Å². The molecule has 0 fully saturated rings. The number of rotatable bonds is 3. The van der Waals surface area contributed by atoms with E-state index < -0.39 is 11.7 Å². The molecule has 7 heteroatoms. The SMILES string of the molecule is CN(C)/C=C(\C=O)c1ncc(C(F)(F)F)cc1Cl. The van der Waals surface area contributed by atoms with Crippen LogP contribution in [0.3, 0.4) is 0 Å². The summed E-state index contributed by atoms with van der Waals surface area (Å²) >= 11 is 5.71. The zero-order chi connectivity index (χ0) is 13.9. The minimum atomic E-state index is -4.51. The van der Waals surface area contributed by atoms with Crippen LogP contribution in [0.4, 0.5) is 13.2 Å². The zero-order valence-corrected chi connectivity index (χ0v) is 10.4. The Balaban J connectivity index is 3.24. The van der Waals surface area contributed by atoms with Crippen LogP contribution < -0.4 is 0 Å². The Kier molecular flexibility index (Phi) is 4.34. The smallest absolute Gasteiger partial charge is 0.383 e. The van der Waals surface area contributed by atoms with E-state index in [1.54, 1.807) is 19.0 Å². The number of carbonyl (C=O) groups excluding carboxylic acids is 1. The Labute approximate surface area is 107 Å². The molecule has 0 aliphatic rings. The number of halogens is 4. The van der Waals surface area contributed by atoms with E-state index in [0.29, 0.717) is 12.5 Å². The highest BCUT2D eigenvalue weighted by Crippen LogP contribution is 2.32. The summed E-state index contributed by atoms with van der Waals surface area (Å²) in [5.74, 6) is 0. The van der Waals surface area contributed by atoms with Gasteiger partial charge < -0.3 is 4.90 Å². The van der Waals surface area contributed by atoms with Crippen molar-refractivity contribution in [2.45, 2.75) is 6.18 Å². The second-order valence-corrected chi connectivity index (χ2v) is 4.13. The van der Waals surface area contributed by atoms with E-state index in [1.165, 1.54) is 6.20 Å². The normalized spacial score (nSPS) is 12.4. The first kappa shape index (κ1) is 14.5. The number of allylic oxidation sites excluding steroid dienone is 1. The number of carbonyl (C=O) groups is 1. The number of alkyl halides is 3. The highest BCUT2D eigenvalue weighted by atomic mass is 35.5. The summed E-state index contributed by atoms with van der Waals surface area (Å²) in [5.41, 5.74) is -0.821. The maximum atomic E-state index is 12.4. The standard InChI is InChI=1S/C11H10ClF3N2O/c1-17(2)5-7(6-18)10-9(12)3-8(4-16-10)11(13,14)15/h3-6H,1-2H3/b7-5+. The first-order chi connectivity index (χ1) is 8.25. The molecular weight excluding hydrogens is 269 g/mol. The Morgan fingerprint density at radius 2 is 2.06 bits per heavy atom. The fourth-order valence-corrected chi connectivity index (χ4v) is 1.51. The van der Waals surface area contributed by atoms with Gasteiger partial charge in [-0.3, -0.25) is 9.78 Å². The topological polar surface area (TPSA) is 33.2 Å². The number of hydrogen-bond donors (Lipinski definition) is 0. The third kappa shape index (κ3) is 3.46. The molecule has 0 saturated heterocycles. The summed E-state index contributed by atoms with van der Waals surface area (Å²) in [5, 5.41) is -0.218. The van der Waals surface area contributed by atoms with Crippen molar-refractivity contribution in [1.29, 1.82) is 0 Å². The first-order valence-electron chi connectivity index (χ1n) is 4.82. The quantitative estimate of drug-likeness (QED) is 0.630. The number of pyridine rings is 1. The molecule has 3 nitrogen and oxygen atoms in total. The average molecular weight is 279 g/mol. The lowest BCUT2D eigenvalue weighted by Crippen LogP contribution is -2.08. The molecular formula is C11H10ClF3N2O. The van der Waals surface area contributed by atoms with E-state index in [2.05, 4.69) is 4.98 Å². The van der Waals surface area contributed by atoms with Crippen molar-refractivity contribution >= 4 is 23.5 Å². The van der Waals surface area contributed by atoms with Crippen LogP contribution in [0.2, 0.25) is 5.02 Å². The molecule has 98 valence electrons. The van der Waals surface area contributed by atoms with Crippen molar-refractivity contribution in [2.75, 3.05) is 14.1 Å². The summed E-state index contributed by atoms with van der Waals surface area (Å²) in [6, 6.07) is 0.747. The summed E-state index contributed by atoms with van der Waals surface area (Å²) in [6.45, 7) is 0. The Bertz CT molecular complexity index is 484. The molecule has 0 radical (unpaired) electrons.